The number of aromatic nitrogens is 2. The van der Waals surface area contributed by atoms with Gasteiger partial charge in [0.15, 0.2) is 0 Å². The molecule has 1 aliphatic rings. The molecule has 0 bridgehead atoms. The molecule has 0 spiro atoms. The van der Waals surface area contributed by atoms with Crippen LogP contribution in [0.1, 0.15) is 23.3 Å². The number of fused-ring (bicyclic) bond motifs is 1. The second-order valence-electron chi connectivity index (χ2n) is 5.60. The summed E-state index contributed by atoms with van der Waals surface area (Å²) in [6, 6.07) is 3.02. The third-order valence-electron chi connectivity index (χ3n) is 3.71. The number of anilines is 1. The Morgan fingerprint density at radius 2 is 1.96 bits per heavy atom. The third-order valence-corrected chi connectivity index (χ3v) is 3.71. The maximum atomic E-state index is 12.5. The van der Waals surface area contributed by atoms with E-state index in [2.05, 4.69) is 24.8 Å². The topological polar surface area (TPSA) is 93.3 Å². The number of pyridine rings is 1. The fraction of sp³-hybridized carbons (Fsp3) is 0.235. The van der Waals surface area contributed by atoms with Gasteiger partial charge in [-0.3, -0.25) is 4.79 Å². The van der Waals surface area contributed by atoms with Crippen LogP contribution in [0, 0.1) is 0 Å². The molecular formula is C17H14F3N3O4. The van der Waals surface area contributed by atoms with Crippen molar-refractivity contribution in [2.45, 2.75) is 19.2 Å². The summed E-state index contributed by atoms with van der Waals surface area (Å²) in [5.41, 5.74) is 0.622. The van der Waals surface area contributed by atoms with E-state index < -0.39 is 24.0 Å². The van der Waals surface area contributed by atoms with Crippen molar-refractivity contribution in [2.75, 3.05) is 12.4 Å². The summed E-state index contributed by atoms with van der Waals surface area (Å²) in [4.78, 5) is 30.7. The molecule has 2 N–H and O–H groups in total. The molecule has 0 aliphatic heterocycles. The molecule has 0 saturated carbocycles. The smallest absolute Gasteiger partial charge is 0.464 e. The quantitative estimate of drug-likeness (QED) is 0.792. The largest absolute Gasteiger partial charge is 0.573 e. The Hall–Kier alpha value is -3.30. The van der Waals surface area contributed by atoms with Crippen LogP contribution in [0.15, 0.2) is 41.8 Å². The molecule has 0 unspecified atom stereocenters. The van der Waals surface area contributed by atoms with Gasteiger partial charge < -0.3 is 19.8 Å². The number of rotatable bonds is 4. The summed E-state index contributed by atoms with van der Waals surface area (Å²) < 4.78 is 46.0. The van der Waals surface area contributed by atoms with Gasteiger partial charge in [0.1, 0.15) is 17.1 Å². The molecular weight excluding hydrogens is 367 g/mol. The zero-order valence-electron chi connectivity index (χ0n) is 14.0. The second-order valence-corrected chi connectivity index (χ2v) is 5.60. The number of hydrogen-bond acceptors (Lipinski definition) is 5. The zero-order valence-corrected chi connectivity index (χ0v) is 14.0. The lowest BCUT2D eigenvalue weighted by Crippen LogP contribution is -2.22. The van der Waals surface area contributed by atoms with E-state index in [9.17, 15) is 22.8 Å². The molecule has 0 atom stereocenters. The highest BCUT2D eigenvalue weighted by molar-refractivity contribution is 6.07. The number of amides is 1. The van der Waals surface area contributed by atoms with Gasteiger partial charge in [0, 0.05) is 5.39 Å². The van der Waals surface area contributed by atoms with Crippen LogP contribution >= 0.6 is 0 Å². The molecule has 2 heterocycles. The highest BCUT2D eigenvalue weighted by atomic mass is 19.4. The number of hydrogen-bond donors (Lipinski definition) is 2. The summed E-state index contributed by atoms with van der Waals surface area (Å²) in [6.45, 7) is 0. The maximum Gasteiger partial charge on any atom is 0.573 e. The summed E-state index contributed by atoms with van der Waals surface area (Å²) in [5.74, 6) is -1.87. The zero-order chi connectivity index (χ0) is 19.6. The Kier molecular flexibility index (Phi) is 4.89. The average Bonchev–Trinajstić information content (AvgIpc) is 3.03. The van der Waals surface area contributed by atoms with Crippen LogP contribution < -0.4 is 5.32 Å². The molecule has 1 amide bonds. The van der Waals surface area contributed by atoms with Crippen molar-refractivity contribution in [2.24, 2.45) is 0 Å². The molecule has 7 nitrogen and oxygen atoms in total. The minimum atomic E-state index is -4.89. The summed E-state index contributed by atoms with van der Waals surface area (Å²) >= 11 is 0. The molecule has 0 fully saturated rings. The summed E-state index contributed by atoms with van der Waals surface area (Å²) in [5, 5.41) is 3.01. The first-order valence-electron chi connectivity index (χ1n) is 7.81. The highest BCUT2D eigenvalue weighted by Crippen LogP contribution is 2.29. The Morgan fingerprint density at radius 1 is 1.22 bits per heavy atom. The van der Waals surface area contributed by atoms with Gasteiger partial charge >= 0.3 is 12.3 Å². The van der Waals surface area contributed by atoms with Gasteiger partial charge in [-0.25, -0.2) is 9.78 Å². The lowest BCUT2D eigenvalue weighted by Gasteiger charge is -2.18. The Balaban J connectivity index is 1.79. The SMILES string of the molecule is COC(=O)c1cc2cc(NC(=O)C3=CCCC=C3OC(F)(F)F)cnc2[nH]1. The second kappa shape index (κ2) is 7.14. The molecule has 0 saturated heterocycles. The van der Waals surface area contributed by atoms with Crippen molar-refractivity contribution in [3.8, 4) is 0 Å². The number of alkyl halides is 3. The van der Waals surface area contributed by atoms with Crippen molar-refractivity contribution in [1.82, 2.24) is 9.97 Å². The van der Waals surface area contributed by atoms with E-state index in [1.165, 1.54) is 37.6 Å². The van der Waals surface area contributed by atoms with E-state index in [-0.39, 0.29) is 17.0 Å². The van der Waals surface area contributed by atoms with Gasteiger partial charge in [-0.1, -0.05) is 6.08 Å². The van der Waals surface area contributed by atoms with Gasteiger partial charge in [0.25, 0.3) is 5.91 Å². The molecule has 2 aromatic heterocycles. The first-order valence-corrected chi connectivity index (χ1v) is 7.81. The third kappa shape index (κ3) is 4.27. The van der Waals surface area contributed by atoms with Crippen LogP contribution in [0.5, 0.6) is 0 Å². The van der Waals surface area contributed by atoms with Crippen molar-refractivity contribution < 1.29 is 32.2 Å². The predicted octanol–water partition coefficient (Wildman–Crippen LogP) is 3.43. The van der Waals surface area contributed by atoms with Gasteiger partial charge in [0.05, 0.1) is 24.6 Å². The fourth-order valence-corrected chi connectivity index (χ4v) is 2.58. The number of allylic oxidation sites excluding steroid dienone is 2. The molecule has 2 aromatic rings. The Morgan fingerprint density at radius 3 is 2.67 bits per heavy atom. The van der Waals surface area contributed by atoms with Crippen LogP contribution in [-0.2, 0) is 14.3 Å². The number of aromatic amines is 1. The normalized spacial score (nSPS) is 14.4. The van der Waals surface area contributed by atoms with E-state index in [0.29, 0.717) is 23.9 Å². The number of nitrogens with zero attached hydrogens (tertiary/aromatic N) is 1. The molecule has 10 heteroatoms. The monoisotopic (exact) mass is 381 g/mol. The van der Waals surface area contributed by atoms with E-state index in [4.69, 9.17) is 0 Å². The molecule has 1 aliphatic carbocycles. The number of H-pyrrole nitrogens is 1. The Bertz CT molecular complexity index is 960. The molecule has 3 rings (SSSR count). The van der Waals surface area contributed by atoms with Crippen LogP contribution in [-0.4, -0.2) is 35.3 Å². The molecule has 27 heavy (non-hydrogen) atoms. The minimum absolute atomic E-state index is 0.183. The number of ether oxygens (including phenoxy) is 2. The fourth-order valence-electron chi connectivity index (χ4n) is 2.58. The van der Waals surface area contributed by atoms with Crippen molar-refractivity contribution in [1.29, 1.82) is 0 Å². The maximum absolute atomic E-state index is 12.5. The number of carbonyl (C=O) groups is 2. The van der Waals surface area contributed by atoms with Crippen LogP contribution in [0.2, 0.25) is 0 Å². The van der Waals surface area contributed by atoms with Crippen molar-refractivity contribution >= 4 is 28.6 Å². The molecule has 0 aromatic carbocycles. The van der Waals surface area contributed by atoms with Crippen LogP contribution in [0.3, 0.4) is 0 Å². The van der Waals surface area contributed by atoms with E-state index in [1.54, 1.807) is 0 Å². The van der Waals surface area contributed by atoms with Crippen LogP contribution in [0.4, 0.5) is 18.9 Å². The average molecular weight is 381 g/mol. The predicted molar refractivity (Wildman–Crippen MR) is 88.6 cm³/mol. The van der Waals surface area contributed by atoms with Gasteiger partial charge in [-0.15, -0.1) is 13.2 Å². The molecule has 0 radical (unpaired) electrons. The number of methoxy groups -OCH3 is 1. The summed E-state index contributed by atoms with van der Waals surface area (Å²) in [7, 11) is 1.24. The first-order chi connectivity index (χ1) is 12.8. The highest BCUT2D eigenvalue weighted by Gasteiger charge is 2.34. The summed E-state index contributed by atoms with van der Waals surface area (Å²) in [6.07, 6.45) is -0.208. The molecule has 142 valence electrons. The standard InChI is InChI=1S/C17H14F3N3O4/c1-26-16(25)12-7-9-6-10(8-21-14(9)23-12)22-15(24)11-4-2-3-5-13(11)27-17(18,19)20/h4-8H,2-3H2,1H3,(H,21,23)(H,22,24). The number of nitrogens with one attached hydrogen (secondary N) is 2. The lowest BCUT2D eigenvalue weighted by atomic mass is 10.0. The number of carbonyl (C=O) groups excluding carboxylic acids is 2. The van der Waals surface area contributed by atoms with Crippen molar-refractivity contribution in [3.63, 3.8) is 0 Å². The number of halogens is 3. The van der Waals surface area contributed by atoms with Gasteiger partial charge in [-0.05, 0) is 31.1 Å². The van der Waals surface area contributed by atoms with Gasteiger partial charge in [0.2, 0.25) is 0 Å². The van der Waals surface area contributed by atoms with E-state index >= 15 is 0 Å². The Labute approximate surface area is 150 Å². The first kappa shape index (κ1) is 18.5. The van der Waals surface area contributed by atoms with Gasteiger partial charge in [-0.2, -0.15) is 0 Å². The van der Waals surface area contributed by atoms with E-state index in [0.717, 1.165) is 0 Å². The van der Waals surface area contributed by atoms with Crippen LogP contribution in [0.25, 0.3) is 11.0 Å². The number of esters is 1. The minimum Gasteiger partial charge on any atom is -0.464 e. The lowest BCUT2D eigenvalue weighted by molar-refractivity contribution is -0.304. The van der Waals surface area contributed by atoms with E-state index in [1.807, 2.05) is 0 Å². The van der Waals surface area contributed by atoms with Crippen molar-refractivity contribution in [3.05, 3.63) is 47.5 Å².